The Balaban J connectivity index is 1.78. The summed E-state index contributed by atoms with van der Waals surface area (Å²) in [4.78, 5) is 11.0. The van der Waals surface area contributed by atoms with Gasteiger partial charge < -0.3 is 4.74 Å². The van der Waals surface area contributed by atoms with Crippen molar-refractivity contribution in [3.8, 4) is 0 Å². The molecule has 122 valence electrons. The van der Waals surface area contributed by atoms with Crippen LogP contribution in [0.3, 0.4) is 0 Å². The first kappa shape index (κ1) is 16.6. The summed E-state index contributed by atoms with van der Waals surface area (Å²) >= 11 is 0. The van der Waals surface area contributed by atoms with Crippen molar-refractivity contribution in [2.24, 2.45) is 17.8 Å². The molecule has 2 rings (SSSR count). The van der Waals surface area contributed by atoms with E-state index >= 15 is 0 Å². The fourth-order valence-electron chi connectivity index (χ4n) is 3.61. The highest BCUT2D eigenvalue weighted by Crippen LogP contribution is 2.43. The van der Waals surface area contributed by atoms with Crippen LogP contribution in [0.15, 0.2) is 0 Å². The summed E-state index contributed by atoms with van der Waals surface area (Å²) < 4.78 is 59.3. The molecule has 0 saturated heterocycles. The van der Waals surface area contributed by atoms with Gasteiger partial charge in [-0.2, -0.15) is 17.2 Å². The van der Waals surface area contributed by atoms with Crippen LogP contribution in [0.25, 0.3) is 0 Å². The van der Waals surface area contributed by atoms with E-state index in [4.69, 9.17) is 4.55 Å². The van der Waals surface area contributed by atoms with E-state index in [1.807, 2.05) is 0 Å². The third-order valence-electron chi connectivity index (χ3n) is 4.55. The number of alkyl halides is 2. The Kier molecular flexibility index (Phi) is 4.87. The Morgan fingerprint density at radius 3 is 2.29 bits per heavy atom. The van der Waals surface area contributed by atoms with Gasteiger partial charge in [0.25, 0.3) is 0 Å². The van der Waals surface area contributed by atoms with Gasteiger partial charge in [0.2, 0.25) is 0 Å². The average molecular weight is 326 g/mol. The van der Waals surface area contributed by atoms with Gasteiger partial charge in [0, 0.05) is 0 Å². The monoisotopic (exact) mass is 326 g/mol. The third kappa shape index (κ3) is 3.91. The van der Waals surface area contributed by atoms with Crippen LogP contribution in [0.4, 0.5) is 8.78 Å². The molecule has 5 nitrogen and oxygen atoms in total. The first-order valence-corrected chi connectivity index (χ1v) is 8.66. The van der Waals surface area contributed by atoms with Gasteiger partial charge in [0.15, 0.2) is 0 Å². The predicted molar refractivity (Wildman–Crippen MR) is 70.2 cm³/mol. The molecule has 0 spiro atoms. The van der Waals surface area contributed by atoms with Crippen LogP contribution in [-0.4, -0.2) is 30.8 Å². The molecule has 0 aromatic rings. The molecule has 2 saturated carbocycles. The Bertz CT molecular complexity index is 479. The van der Waals surface area contributed by atoms with Crippen LogP contribution >= 0.6 is 0 Å². The van der Waals surface area contributed by atoms with E-state index in [1.165, 1.54) is 25.7 Å². The predicted octanol–water partition coefficient (Wildman–Crippen LogP) is 2.62. The Morgan fingerprint density at radius 1 is 1.19 bits per heavy atom. The van der Waals surface area contributed by atoms with Crippen molar-refractivity contribution in [2.45, 2.75) is 50.2 Å². The smallest absolute Gasteiger partial charge is 0.460 e. The first-order valence-electron chi connectivity index (χ1n) is 7.22. The van der Waals surface area contributed by atoms with Gasteiger partial charge in [-0.3, -0.25) is 4.55 Å². The Hall–Kier alpha value is -0.760. The van der Waals surface area contributed by atoms with E-state index in [-0.39, 0.29) is 6.61 Å². The molecule has 0 aromatic carbocycles. The number of rotatable bonds is 5. The SMILES string of the molecule is O=C(OCCC1CC2CCCC(C2)C1)C(F)(F)S(=O)(=O)O. The van der Waals surface area contributed by atoms with Gasteiger partial charge in [-0.1, -0.05) is 19.3 Å². The zero-order chi connectivity index (χ0) is 15.7. The minimum Gasteiger partial charge on any atom is -0.460 e. The van der Waals surface area contributed by atoms with Crippen molar-refractivity contribution in [3.05, 3.63) is 0 Å². The number of ether oxygens (including phenoxy) is 1. The number of fused-ring (bicyclic) bond motifs is 2. The minimum atomic E-state index is -5.78. The molecular formula is C13H20F2O5S. The highest BCUT2D eigenvalue weighted by atomic mass is 32.2. The number of halogens is 2. The molecular weight excluding hydrogens is 306 g/mol. The summed E-state index contributed by atoms with van der Waals surface area (Å²) in [6, 6.07) is 0. The van der Waals surface area contributed by atoms with Crippen LogP contribution in [0.5, 0.6) is 0 Å². The van der Waals surface area contributed by atoms with Gasteiger partial charge >= 0.3 is 21.3 Å². The van der Waals surface area contributed by atoms with Crippen LogP contribution in [0, 0.1) is 17.8 Å². The molecule has 1 N–H and O–H groups in total. The largest absolute Gasteiger partial charge is 0.465 e. The molecule has 2 unspecified atom stereocenters. The van der Waals surface area contributed by atoms with Crippen molar-refractivity contribution in [2.75, 3.05) is 6.61 Å². The highest BCUT2D eigenvalue weighted by molar-refractivity contribution is 7.87. The molecule has 8 heteroatoms. The second kappa shape index (κ2) is 6.16. The van der Waals surface area contributed by atoms with E-state index in [0.29, 0.717) is 24.2 Å². The van der Waals surface area contributed by atoms with Gasteiger partial charge in [0.1, 0.15) is 0 Å². The second-order valence-electron chi connectivity index (χ2n) is 6.15. The third-order valence-corrected chi connectivity index (χ3v) is 5.36. The van der Waals surface area contributed by atoms with Crippen molar-refractivity contribution in [1.82, 2.24) is 0 Å². The number of carbonyl (C=O) groups excluding carboxylic acids is 1. The van der Waals surface area contributed by atoms with Crippen LogP contribution in [-0.2, 0) is 19.6 Å². The van der Waals surface area contributed by atoms with Crippen molar-refractivity contribution >= 4 is 16.1 Å². The molecule has 0 aliphatic heterocycles. The summed E-state index contributed by atoms with van der Waals surface area (Å²) in [6.07, 6.45) is 7.38. The molecule has 2 aliphatic rings. The fourth-order valence-corrected chi connectivity index (χ4v) is 3.88. The van der Waals surface area contributed by atoms with Gasteiger partial charge in [-0.15, -0.1) is 0 Å². The fraction of sp³-hybridized carbons (Fsp3) is 0.923. The number of carbonyl (C=O) groups is 1. The maximum atomic E-state index is 13.0. The lowest BCUT2D eigenvalue weighted by Gasteiger charge is -2.39. The molecule has 2 bridgehead atoms. The molecule has 21 heavy (non-hydrogen) atoms. The molecule has 2 fully saturated rings. The normalized spacial score (nSPS) is 30.0. The van der Waals surface area contributed by atoms with Crippen LogP contribution < -0.4 is 0 Å². The Labute approximate surface area is 122 Å². The van der Waals surface area contributed by atoms with E-state index in [9.17, 15) is 22.0 Å². The maximum Gasteiger partial charge on any atom is 0.465 e. The molecule has 0 aromatic heterocycles. The summed E-state index contributed by atoms with van der Waals surface area (Å²) in [7, 11) is -5.78. The van der Waals surface area contributed by atoms with Crippen molar-refractivity contribution in [3.63, 3.8) is 0 Å². The van der Waals surface area contributed by atoms with E-state index in [2.05, 4.69) is 4.74 Å². The van der Waals surface area contributed by atoms with Gasteiger partial charge in [-0.25, -0.2) is 4.79 Å². The van der Waals surface area contributed by atoms with E-state index in [0.717, 1.165) is 12.8 Å². The molecule has 0 radical (unpaired) electrons. The van der Waals surface area contributed by atoms with Gasteiger partial charge in [0.05, 0.1) is 6.61 Å². The van der Waals surface area contributed by atoms with Crippen LogP contribution in [0.2, 0.25) is 0 Å². The van der Waals surface area contributed by atoms with Crippen molar-refractivity contribution in [1.29, 1.82) is 0 Å². The first-order chi connectivity index (χ1) is 9.70. The average Bonchev–Trinajstić information content (AvgIpc) is 2.36. The number of hydrogen-bond donors (Lipinski definition) is 1. The van der Waals surface area contributed by atoms with E-state index in [1.54, 1.807) is 0 Å². The lowest BCUT2D eigenvalue weighted by molar-refractivity contribution is -0.162. The molecule has 2 atom stereocenters. The lowest BCUT2D eigenvalue weighted by atomic mass is 9.67. The number of hydrogen-bond acceptors (Lipinski definition) is 4. The summed E-state index contributed by atoms with van der Waals surface area (Å²) in [5, 5.41) is -4.89. The van der Waals surface area contributed by atoms with Gasteiger partial charge in [-0.05, 0) is 43.4 Å². The van der Waals surface area contributed by atoms with E-state index < -0.39 is 21.3 Å². The zero-order valence-electron chi connectivity index (χ0n) is 11.6. The summed E-state index contributed by atoms with van der Waals surface area (Å²) in [5.74, 6) is -0.517. The molecule has 0 amide bonds. The standard InChI is InChI=1S/C13H20F2O5S/c14-13(15,21(17,18)19)12(16)20-5-4-11-7-9-2-1-3-10(6-9)8-11/h9-11H,1-8H2,(H,17,18,19). The summed E-state index contributed by atoms with van der Waals surface area (Å²) in [5.41, 5.74) is 0. The minimum absolute atomic E-state index is 0.242. The highest BCUT2D eigenvalue weighted by Gasteiger charge is 2.54. The molecule has 2 aliphatic carbocycles. The Morgan fingerprint density at radius 2 is 1.76 bits per heavy atom. The maximum absolute atomic E-state index is 13.0. The number of esters is 1. The quantitative estimate of drug-likeness (QED) is 0.620. The topological polar surface area (TPSA) is 80.7 Å². The van der Waals surface area contributed by atoms with Crippen LogP contribution in [0.1, 0.15) is 44.9 Å². The summed E-state index contributed by atoms with van der Waals surface area (Å²) in [6.45, 7) is -0.242. The zero-order valence-corrected chi connectivity index (χ0v) is 12.4. The second-order valence-corrected chi connectivity index (χ2v) is 7.62. The lowest BCUT2D eigenvalue weighted by Crippen LogP contribution is -2.39. The van der Waals surface area contributed by atoms with Crippen molar-refractivity contribution < 1.29 is 31.3 Å². The molecule has 0 heterocycles.